The van der Waals surface area contributed by atoms with Crippen LogP contribution in [0.1, 0.15) is 232 Å². The highest BCUT2D eigenvalue weighted by Crippen LogP contribution is 2.43. The van der Waals surface area contributed by atoms with Crippen LogP contribution in [0.5, 0.6) is 0 Å². The number of hydrogen-bond acceptors (Lipinski definition) is 5. The molecule has 0 saturated carbocycles. The van der Waals surface area contributed by atoms with Gasteiger partial charge in [0.1, 0.15) is 13.2 Å². The molecule has 0 saturated heterocycles. The molecule has 1 amide bonds. The standard InChI is InChI=1S/C57H105N2O6P/c1-6-8-10-12-14-16-18-20-22-24-25-26-27-28-29-30-31-32-33-35-37-39-41-43-45-47-49-51-57(61)58-55(54-65-66(62,63)64-53-52-59(3,4)5)56(60)50-48-46-44-42-40-38-36-34-23-21-19-17-15-13-11-9-7-2/h8,10,14,16,20,22,25-26,40,42,48,50,55-56,60H,6-7,9,11-13,15,17-19,21,23-24,27-39,41,43-47,49,51-54H2,1-5H3,(H-,58,61,62,63)/p+1/b10-8-,16-14-,22-20-,26-25-,42-40+,50-48+. The molecule has 9 heteroatoms. The maximum atomic E-state index is 13.0. The van der Waals surface area contributed by atoms with E-state index in [1.165, 1.54) is 148 Å². The van der Waals surface area contributed by atoms with E-state index in [9.17, 15) is 19.4 Å². The van der Waals surface area contributed by atoms with Crippen molar-refractivity contribution in [2.75, 3.05) is 40.9 Å². The van der Waals surface area contributed by atoms with Crippen molar-refractivity contribution in [3.05, 3.63) is 72.9 Å². The number of unbranched alkanes of at least 4 members (excludes halogenated alkanes) is 26. The molecule has 0 heterocycles. The number of carbonyl (C=O) groups is 1. The second-order valence-electron chi connectivity index (χ2n) is 19.6. The SMILES string of the molecule is CC/C=C\C/C=C\C/C=C\C/C=C\CCCCCCCCCCCCCCCCC(=O)NC(COP(=O)(O)OCC[N+](C)(C)C)C(O)/C=C/CC/C=C/CCCCCCCCCCCCC. The van der Waals surface area contributed by atoms with E-state index in [1.807, 2.05) is 27.2 Å². The fourth-order valence-corrected chi connectivity index (χ4v) is 8.37. The summed E-state index contributed by atoms with van der Waals surface area (Å²) < 4.78 is 23.7. The van der Waals surface area contributed by atoms with Gasteiger partial charge in [-0.3, -0.25) is 13.8 Å². The Kier molecular flexibility index (Phi) is 46.5. The summed E-state index contributed by atoms with van der Waals surface area (Å²) in [5.74, 6) is -0.189. The highest BCUT2D eigenvalue weighted by Gasteiger charge is 2.27. The Bertz CT molecular complexity index is 1300. The first-order chi connectivity index (χ1) is 32.0. The maximum absolute atomic E-state index is 13.0. The highest BCUT2D eigenvalue weighted by molar-refractivity contribution is 7.47. The molecule has 0 radical (unpaired) electrons. The zero-order valence-electron chi connectivity index (χ0n) is 43.7. The van der Waals surface area contributed by atoms with Crippen LogP contribution in [0, 0.1) is 0 Å². The summed E-state index contributed by atoms with van der Waals surface area (Å²) in [6.45, 7) is 4.69. The lowest BCUT2D eigenvalue weighted by molar-refractivity contribution is -0.870. The minimum Gasteiger partial charge on any atom is -0.387 e. The van der Waals surface area contributed by atoms with Gasteiger partial charge >= 0.3 is 7.82 Å². The molecule has 0 aliphatic rings. The Balaban J connectivity index is 4.24. The number of allylic oxidation sites excluding steroid dienone is 11. The van der Waals surface area contributed by atoms with Gasteiger partial charge in [0.15, 0.2) is 0 Å². The zero-order valence-corrected chi connectivity index (χ0v) is 44.6. The van der Waals surface area contributed by atoms with Gasteiger partial charge in [-0.05, 0) is 70.6 Å². The lowest BCUT2D eigenvalue weighted by Crippen LogP contribution is -2.45. The van der Waals surface area contributed by atoms with Crippen molar-refractivity contribution in [2.24, 2.45) is 0 Å². The monoisotopic (exact) mass is 946 g/mol. The van der Waals surface area contributed by atoms with Crippen molar-refractivity contribution in [3.8, 4) is 0 Å². The van der Waals surface area contributed by atoms with Crippen LogP contribution in [0.15, 0.2) is 72.9 Å². The minimum atomic E-state index is -4.35. The first-order valence-corrected chi connectivity index (χ1v) is 28.8. The fraction of sp³-hybridized carbons (Fsp3) is 0.772. The van der Waals surface area contributed by atoms with Gasteiger partial charge in [-0.2, -0.15) is 0 Å². The second kappa shape index (κ2) is 48.0. The summed E-state index contributed by atoms with van der Waals surface area (Å²) in [4.78, 5) is 23.3. The molecule has 8 nitrogen and oxygen atoms in total. The summed E-state index contributed by atoms with van der Waals surface area (Å²) in [5.41, 5.74) is 0. The van der Waals surface area contributed by atoms with Gasteiger partial charge < -0.3 is 19.8 Å². The number of likely N-dealkylation sites (N-methyl/N-ethyl adjacent to an activating group) is 1. The smallest absolute Gasteiger partial charge is 0.387 e. The van der Waals surface area contributed by atoms with Crippen LogP contribution in [-0.2, 0) is 18.4 Å². The van der Waals surface area contributed by atoms with Crippen molar-refractivity contribution >= 4 is 13.7 Å². The largest absolute Gasteiger partial charge is 0.472 e. The van der Waals surface area contributed by atoms with E-state index < -0.39 is 20.0 Å². The quantitative estimate of drug-likeness (QED) is 0.0243. The van der Waals surface area contributed by atoms with Crippen LogP contribution in [0.2, 0.25) is 0 Å². The number of nitrogens with one attached hydrogen (secondary N) is 1. The third-order valence-corrected chi connectivity index (χ3v) is 12.9. The van der Waals surface area contributed by atoms with E-state index in [-0.39, 0.29) is 19.1 Å². The van der Waals surface area contributed by atoms with Gasteiger partial charge in [0, 0.05) is 6.42 Å². The molecule has 0 aliphatic carbocycles. The zero-order chi connectivity index (χ0) is 48.5. The lowest BCUT2D eigenvalue weighted by atomic mass is 10.0. The normalized spacial score (nSPS) is 14.6. The van der Waals surface area contributed by atoms with Crippen molar-refractivity contribution in [1.82, 2.24) is 5.32 Å². The molecule has 3 N–H and O–H groups in total. The number of aliphatic hydroxyl groups is 1. The molecule has 384 valence electrons. The number of quaternary nitrogens is 1. The average molecular weight is 946 g/mol. The fourth-order valence-electron chi connectivity index (χ4n) is 7.64. The van der Waals surface area contributed by atoms with Crippen molar-refractivity contribution in [2.45, 2.75) is 244 Å². The van der Waals surface area contributed by atoms with Crippen molar-refractivity contribution in [1.29, 1.82) is 0 Å². The third kappa shape index (κ3) is 49.8. The van der Waals surface area contributed by atoms with Gasteiger partial charge in [0.2, 0.25) is 5.91 Å². The van der Waals surface area contributed by atoms with Gasteiger partial charge in [-0.15, -0.1) is 0 Å². The number of aliphatic hydroxyl groups excluding tert-OH is 1. The number of phosphoric ester groups is 1. The number of carbonyl (C=O) groups excluding carboxylic acids is 1. The molecule has 0 rings (SSSR count). The summed E-state index contributed by atoms with van der Waals surface area (Å²) in [6.07, 6.45) is 65.7. The summed E-state index contributed by atoms with van der Waals surface area (Å²) >= 11 is 0. The van der Waals surface area contributed by atoms with Crippen molar-refractivity contribution < 1.29 is 32.9 Å². The molecule has 0 bridgehead atoms. The molecule has 3 unspecified atom stereocenters. The van der Waals surface area contributed by atoms with E-state index in [0.717, 1.165) is 64.2 Å². The number of phosphoric acid groups is 1. The van der Waals surface area contributed by atoms with Crippen LogP contribution in [-0.4, -0.2) is 73.4 Å². The maximum Gasteiger partial charge on any atom is 0.472 e. The van der Waals surface area contributed by atoms with E-state index in [4.69, 9.17) is 9.05 Å². The molecule has 3 atom stereocenters. The Hall–Kier alpha value is -2.06. The van der Waals surface area contributed by atoms with Gasteiger partial charge in [0.25, 0.3) is 0 Å². The number of amides is 1. The first kappa shape index (κ1) is 63.9. The molecule has 66 heavy (non-hydrogen) atoms. The van der Waals surface area contributed by atoms with Crippen LogP contribution < -0.4 is 5.32 Å². The predicted octanol–water partition coefficient (Wildman–Crippen LogP) is 16.3. The van der Waals surface area contributed by atoms with E-state index in [1.54, 1.807) is 6.08 Å². The topological polar surface area (TPSA) is 105 Å². The summed E-state index contributed by atoms with van der Waals surface area (Å²) in [6, 6.07) is -0.866. The van der Waals surface area contributed by atoms with Crippen molar-refractivity contribution in [3.63, 3.8) is 0 Å². The van der Waals surface area contributed by atoms with E-state index in [0.29, 0.717) is 17.4 Å². The molecular weight excluding hydrogens is 840 g/mol. The Morgan fingerprint density at radius 2 is 0.924 bits per heavy atom. The third-order valence-electron chi connectivity index (χ3n) is 11.9. The lowest BCUT2D eigenvalue weighted by Gasteiger charge is -2.25. The van der Waals surface area contributed by atoms with Crippen LogP contribution in [0.4, 0.5) is 0 Å². The number of hydrogen-bond donors (Lipinski definition) is 3. The summed E-state index contributed by atoms with van der Waals surface area (Å²) in [5, 5.41) is 13.9. The molecule has 0 aromatic carbocycles. The minimum absolute atomic E-state index is 0.0541. The molecule has 0 aromatic rings. The van der Waals surface area contributed by atoms with Gasteiger partial charge in [0.05, 0.1) is 39.9 Å². The molecule has 0 spiro atoms. The van der Waals surface area contributed by atoms with Crippen LogP contribution in [0.25, 0.3) is 0 Å². The molecule has 0 fully saturated rings. The predicted molar refractivity (Wildman–Crippen MR) is 286 cm³/mol. The van der Waals surface area contributed by atoms with E-state index in [2.05, 4.69) is 79.9 Å². The number of rotatable bonds is 49. The summed E-state index contributed by atoms with van der Waals surface area (Å²) in [7, 11) is 1.55. The molecule has 0 aromatic heterocycles. The van der Waals surface area contributed by atoms with Crippen LogP contribution >= 0.6 is 7.82 Å². The number of nitrogens with zero attached hydrogens (tertiary/aromatic N) is 1. The first-order valence-electron chi connectivity index (χ1n) is 27.3. The Labute approximate surface area is 408 Å². The Morgan fingerprint density at radius 3 is 1.39 bits per heavy atom. The van der Waals surface area contributed by atoms with Crippen LogP contribution in [0.3, 0.4) is 0 Å². The molecule has 0 aliphatic heterocycles. The Morgan fingerprint density at radius 1 is 0.530 bits per heavy atom. The van der Waals surface area contributed by atoms with E-state index >= 15 is 0 Å². The highest BCUT2D eigenvalue weighted by atomic mass is 31.2. The van der Waals surface area contributed by atoms with Gasteiger partial charge in [-0.1, -0.05) is 228 Å². The molecular formula is C57H106N2O6P+. The second-order valence-corrected chi connectivity index (χ2v) is 21.0. The van der Waals surface area contributed by atoms with Gasteiger partial charge in [-0.25, -0.2) is 4.57 Å². The average Bonchev–Trinajstić information content (AvgIpc) is 3.28.